The summed E-state index contributed by atoms with van der Waals surface area (Å²) in [7, 11) is 0. The van der Waals surface area contributed by atoms with Crippen molar-refractivity contribution in [3.05, 3.63) is 35.4 Å². The molecule has 2 aliphatic rings. The third kappa shape index (κ3) is 5.32. The van der Waals surface area contributed by atoms with Crippen LogP contribution >= 0.6 is 0 Å². The average molecular weight is 373 g/mol. The van der Waals surface area contributed by atoms with Crippen molar-refractivity contribution in [1.29, 1.82) is 0 Å². The fourth-order valence-electron chi connectivity index (χ4n) is 4.57. The van der Waals surface area contributed by atoms with Crippen molar-refractivity contribution < 1.29 is 19.6 Å². The third-order valence-corrected chi connectivity index (χ3v) is 6.43. The molecule has 5 nitrogen and oxygen atoms in total. The van der Waals surface area contributed by atoms with Crippen molar-refractivity contribution >= 4 is 11.9 Å². The highest BCUT2D eigenvalue weighted by atomic mass is 16.4. The van der Waals surface area contributed by atoms with E-state index in [4.69, 9.17) is 0 Å². The lowest BCUT2D eigenvalue weighted by Crippen LogP contribution is -3.14. The van der Waals surface area contributed by atoms with Crippen LogP contribution in [0.3, 0.4) is 0 Å². The van der Waals surface area contributed by atoms with Crippen LogP contribution in [0.2, 0.25) is 0 Å². The van der Waals surface area contributed by atoms with E-state index in [1.165, 1.54) is 48.1 Å². The molecular formula is C22H32N2O3. The fourth-order valence-corrected chi connectivity index (χ4v) is 4.57. The number of hydrogen-bond donors (Lipinski definition) is 1. The van der Waals surface area contributed by atoms with Crippen molar-refractivity contribution in [3.8, 4) is 0 Å². The monoisotopic (exact) mass is 372 g/mol. The Morgan fingerprint density at radius 2 is 1.70 bits per heavy atom. The molecule has 0 radical (unpaired) electrons. The van der Waals surface area contributed by atoms with E-state index in [2.05, 4.69) is 31.2 Å². The summed E-state index contributed by atoms with van der Waals surface area (Å²) in [5.41, 5.74) is 2.85. The van der Waals surface area contributed by atoms with Gasteiger partial charge < -0.3 is 19.7 Å². The van der Waals surface area contributed by atoms with Crippen LogP contribution in [0, 0.1) is 0 Å². The van der Waals surface area contributed by atoms with Crippen molar-refractivity contribution in [2.75, 3.05) is 26.2 Å². The lowest BCUT2D eigenvalue weighted by atomic mass is 9.83. The number of nitrogens with one attached hydrogen (secondary N) is 1. The standard InChI is InChI=1S/C22H32N2O3/c1-17(18-7-9-20(10-8-18)19-5-3-2-4-6-19)23-13-15-24(16-14-23)21(25)11-12-22(26)27/h7-10,17,19H,2-6,11-16H2,1H3,(H,26,27)/t17-/m0/s1. The summed E-state index contributed by atoms with van der Waals surface area (Å²) in [4.78, 5) is 25.9. The number of carbonyl (C=O) groups is 2. The smallest absolute Gasteiger partial charge is 0.223 e. The summed E-state index contributed by atoms with van der Waals surface area (Å²) in [6.45, 7) is 5.47. The largest absolute Gasteiger partial charge is 0.550 e. The second kappa shape index (κ2) is 9.36. The normalized spacial score (nSPS) is 20.4. The summed E-state index contributed by atoms with van der Waals surface area (Å²) < 4.78 is 0. The molecular weight excluding hydrogens is 340 g/mol. The molecule has 27 heavy (non-hydrogen) atoms. The van der Waals surface area contributed by atoms with Gasteiger partial charge in [-0.15, -0.1) is 0 Å². The number of carboxylic acids is 1. The molecule has 1 amide bonds. The number of hydrogen-bond acceptors (Lipinski definition) is 3. The molecule has 0 bridgehead atoms. The maximum absolute atomic E-state index is 12.1. The molecule has 3 rings (SSSR count). The first kappa shape index (κ1) is 19.9. The van der Waals surface area contributed by atoms with Crippen LogP contribution in [-0.2, 0) is 9.59 Å². The summed E-state index contributed by atoms with van der Waals surface area (Å²) in [5.74, 6) is -0.480. The minimum atomic E-state index is -1.15. The molecule has 1 atom stereocenters. The highest BCUT2D eigenvalue weighted by Gasteiger charge is 2.27. The Hall–Kier alpha value is -1.88. The number of rotatable bonds is 6. The number of quaternary nitrogens is 1. The van der Waals surface area contributed by atoms with Crippen LogP contribution in [0.25, 0.3) is 0 Å². The molecule has 1 aliphatic carbocycles. The van der Waals surface area contributed by atoms with Gasteiger partial charge in [-0.25, -0.2) is 0 Å². The quantitative estimate of drug-likeness (QED) is 0.812. The molecule has 0 spiro atoms. The van der Waals surface area contributed by atoms with Gasteiger partial charge in [-0.05, 0) is 37.7 Å². The summed E-state index contributed by atoms with van der Waals surface area (Å²) in [5, 5.41) is 10.5. The zero-order valence-electron chi connectivity index (χ0n) is 16.4. The van der Waals surface area contributed by atoms with Gasteiger partial charge in [0.25, 0.3) is 0 Å². The molecule has 1 saturated heterocycles. The second-order valence-corrected chi connectivity index (χ2v) is 8.13. The van der Waals surface area contributed by atoms with E-state index in [0.29, 0.717) is 19.1 Å². The molecule has 148 valence electrons. The Labute approximate surface area is 162 Å². The van der Waals surface area contributed by atoms with E-state index in [1.54, 1.807) is 4.90 Å². The number of nitrogens with zero attached hydrogens (tertiary/aromatic N) is 1. The van der Waals surface area contributed by atoms with Gasteiger partial charge in [0.05, 0.1) is 26.2 Å². The van der Waals surface area contributed by atoms with Crippen molar-refractivity contribution in [2.45, 2.75) is 63.8 Å². The first-order valence-corrected chi connectivity index (χ1v) is 10.5. The van der Waals surface area contributed by atoms with Crippen LogP contribution in [0.1, 0.15) is 75.0 Å². The van der Waals surface area contributed by atoms with Gasteiger partial charge in [0.15, 0.2) is 0 Å². The highest BCUT2D eigenvalue weighted by molar-refractivity contribution is 5.80. The van der Waals surface area contributed by atoms with Gasteiger partial charge in [-0.2, -0.15) is 0 Å². The van der Waals surface area contributed by atoms with Crippen LogP contribution < -0.4 is 10.0 Å². The molecule has 5 heteroatoms. The number of carbonyl (C=O) groups excluding carboxylic acids is 2. The van der Waals surface area contributed by atoms with Crippen molar-refractivity contribution in [2.24, 2.45) is 0 Å². The van der Waals surface area contributed by atoms with Gasteiger partial charge in [-0.3, -0.25) is 4.79 Å². The summed E-state index contributed by atoms with van der Waals surface area (Å²) in [6, 6.07) is 9.63. The number of piperazine rings is 1. The zero-order valence-corrected chi connectivity index (χ0v) is 16.4. The second-order valence-electron chi connectivity index (χ2n) is 8.13. The van der Waals surface area contributed by atoms with E-state index >= 15 is 0 Å². The van der Waals surface area contributed by atoms with E-state index in [-0.39, 0.29) is 18.7 Å². The Morgan fingerprint density at radius 3 is 2.30 bits per heavy atom. The SMILES string of the molecule is C[C@@H](c1ccc(C2CCCCC2)cc1)[NH+]1CCN(C(=O)CCC(=O)[O-])CC1. The van der Waals surface area contributed by atoms with Crippen molar-refractivity contribution in [3.63, 3.8) is 0 Å². The Balaban J connectivity index is 1.50. The van der Waals surface area contributed by atoms with Crippen LogP contribution in [0.15, 0.2) is 24.3 Å². The molecule has 0 unspecified atom stereocenters. The molecule has 2 fully saturated rings. The minimum Gasteiger partial charge on any atom is -0.550 e. The van der Waals surface area contributed by atoms with E-state index in [1.807, 2.05) is 0 Å². The summed E-state index contributed by atoms with van der Waals surface area (Å²) in [6.07, 6.45) is 6.63. The third-order valence-electron chi connectivity index (χ3n) is 6.43. The number of aliphatic carboxylic acids is 1. The Bertz CT molecular complexity index is 629. The van der Waals surface area contributed by atoms with E-state index in [0.717, 1.165) is 19.0 Å². The Kier molecular flexibility index (Phi) is 6.89. The first-order valence-electron chi connectivity index (χ1n) is 10.5. The van der Waals surface area contributed by atoms with Crippen molar-refractivity contribution in [1.82, 2.24) is 4.90 Å². The molecule has 1 aromatic carbocycles. The van der Waals surface area contributed by atoms with Gasteiger partial charge in [-0.1, -0.05) is 43.5 Å². The topological polar surface area (TPSA) is 64.9 Å². The molecule has 1 N–H and O–H groups in total. The predicted molar refractivity (Wildman–Crippen MR) is 102 cm³/mol. The number of amides is 1. The van der Waals surface area contributed by atoms with E-state index in [9.17, 15) is 14.7 Å². The molecule has 1 heterocycles. The highest BCUT2D eigenvalue weighted by Crippen LogP contribution is 2.32. The lowest BCUT2D eigenvalue weighted by Gasteiger charge is -2.35. The van der Waals surface area contributed by atoms with Gasteiger partial charge >= 0.3 is 0 Å². The van der Waals surface area contributed by atoms with Gasteiger partial charge in [0.1, 0.15) is 6.04 Å². The number of benzene rings is 1. The van der Waals surface area contributed by atoms with Crippen LogP contribution in [0.4, 0.5) is 0 Å². The predicted octanol–water partition coefficient (Wildman–Crippen LogP) is 1.05. The zero-order chi connectivity index (χ0) is 19.2. The van der Waals surface area contributed by atoms with Crippen LogP contribution in [0.5, 0.6) is 0 Å². The molecule has 0 aromatic heterocycles. The fraction of sp³-hybridized carbons (Fsp3) is 0.636. The van der Waals surface area contributed by atoms with E-state index < -0.39 is 5.97 Å². The lowest BCUT2D eigenvalue weighted by molar-refractivity contribution is -0.933. The molecule has 1 aromatic rings. The maximum Gasteiger partial charge on any atom is 0.223 e. The number of carboxylic acid groups (broad SMARTS) is 1. The van der Waals surface area contributed by atoms with Crippen LogP contribution in [-0.4, -0.2) is 43.0 Å². The molecule has 1 aliphatic heterocycles. The average Bonchev–Trinajstić information content (AvgIpc) is 2.72. The molecule has 1 saturated carbocycles. The first-order chi connectivity index (χ1) is 13.0. The van der Waals surface area contributed by atoms with Gasteiger partial charge in [0.2, 0.25) is 5.91 Å². The minimum absolute atomic E-state index is 0.0514. The summed E-state index contributed by atoms with van der Waals surface area (Å²) >= 11 is 0. The maximum atomic E-state index is 12.1. The van der Waals surface area contributed by atoms with Gasteiger partial charge in [0, 0.05) is 18.0 Å². The Morgan fingerprint density at radius 1 is 1.07 bits per heavy atom.